The van der Waals surface area contributed by atoms with E-state index in [0.717, 1.165) is 18.4 Å². The molecule has 13 heteroatoms. The number of likely N-dealkylation sites (N-methyl/N-ethyl adjacent to an activating group) is 2. The molecule has 48 heavy (non-hydrogen) atoms. The number of imidazole rings is 1. The van der Waals surface area contributed by atoms with Crippen LogP contribution >= 0.6 is 0 Å². The number of likely N-dealkylation sites (tertiary alicyclic amines) is 2. The van der Waals surface area contributed by atoms with E-state index in [9.17, 15) is 22.8 Å². The quantitative estimate of drug-likeness (QED) is 0.217. The minimum absolute atomic E-state index is 0.00520. The largest absolute Gasteiger partial charge is 0.352 e. The zero-order valence-corrected chi connectivity index (χ0v) is 27.3. The number of carbonyl (C=O) groups excluding carboxylic acids is 2. The number of aromatic amines is 1. The number of rotatable bonds is 10. The zero-order chi connectivity index (χ0) is 33.9. The van der Waals surface area contributed by atoms with Crippen LogP contribution in [0.2, 0.25) is 0 Å². The molecule has 2 saturated heterocycles. The Labute approximate surface area is 276 Å². The van der Waals surface area contributed by atoms with Gasteiger partial charge >= 0.3 is 0 Å². The van der Waals surface area contributed by atoms with E-state index in [4.69, 9.17) is 4.98 Å². The van der Waals surface area contributed by atoms with E-state index >= 15 is 4.39 Å². The number of aromatic nitrogens is 3. The maximum atomic E-state index is 15.2. The van der Waals surface area contributed by atoms with Crippen molar-refractivity contribution >= 4 is 33.8 Å². The molecular weight excluding hydrogens is 626 g/mol. The molecule has 0 bridgehead atoms. The van der Waals surface area contributed by atoms with Crippen LogP contribution in [0.15, 0.2) is 36.4 Å². The second-order valence-electron chi connectivity index (χ2n) is 13.8. The zero-order valence-electron chi connectivity index (χ0n) is 27.3. The van der Waals surface area contributed by atoms with Crippen molar-refractivity contribution in [1.82, 2.24) is 35.0 Å². The molecule has 4 heterocycles. The lowest BCUT2D eigenvalue weighted by Crippen LogP contribution is -2.54. The molecule has 3 aliphatic rings. The monoisotopic (exact) mass is 667 g/mol. The molecule has 256 valence electrons. The van der Waals surface area contributed by atoms with Crippen LogP contribution < -0.4 is 10.6 Å². The van der Waals surface area contributed by atoms with Crippen molar-refractivity contribution < 1.29 is 27.2 Å². The van der Waals surface area contributed by atoms with E-state index in [2.05, 4.69) is 15.6 Å². The lowest BCUT2D eigenvalue weighted by atomic mass is 9.99. The Bertz CT molecular complexity index is 1860. The van der Waals surface area contributed by atoms with Crippen LogP contribution in [0.25, 0.3) is 33.5 Å². The fraction of sp³-hybridized carbons (Fsp3) is 0.514. The van der Waals surface area contributed by atoms with Crippen LogP contribution in [0.3, 0.4) is 0 Å². The lowest BCUT2D eigenvalue weighted by Gasteiger charge is -2.30. The predicted molar refractivity (Wildman–Crippen MR) is 175 cm³/mol. The fourth-order valence-electron chi connectivity index (χ4n) is 7.50. The summed E-state index contributed by atoms with van der Waals surface area (Å²) in [6, 6.07) is 6.82. The van der Waals surface area contributed by atoms with E-state index in [-0.39, 0.29) is 43.2 Å². The Kier molecular flexibility index (Phi) is 8.69. The first-order valence-electron chi connectivity index (χ1n) is 16.7. The summed E-state index contributed by atoms with van der Waals surface area (Å²) in [5.74, 6) is -1.03. The van der Waals surface area contributed by atoms with Crippen molar-refractivity contribution in [3.63, 3.8) is 0 Å². The van der Waals surface area contributed by atoms with Gasteiger partial charge in [-0.05, 0) is 88.5 Å². The van der Waals surface area contributed by atoms with Crippen molar-refractivity contribution in [3.8, 4) is 11.5 Å². The Hall–Kier alpha value is -3.97. The van der Waals surface area contributed by atoms with E-state index in [1.165, 1.54) is 24.3 Å². The number of carbonyl (C=O) groups is 2. The van der Waals surface area contributed by atoms with Gasteiger partial charge in [0.15, 0.2) is 5.82 Å². The number of benzene rings is 2. The number of hydrogen-bond donors (Lipinski definition) is 3. The van der Waals surface area contributed by atoms with Gasteiger partial charge in [-0.1, -0.05) is 0 Å². The smallest absolute Gasteiger partial charge is 0.245 e. The molecule has 4 aromatic rings. The molecular formula is C35H41F4N7O2. The summed E-state index contributed by atoms with van der Waals surface area (Å²) in [6.45, 7) is 2.31. The van der Waals surface area contributed by atoms with Crippen molar-refractivity contribution in [3.05, 3.63) is 53.6 Å². The first kappa shape index (κ1) is 32.6. The number of H-pyrrole nitrogens is 1. The minimum Gasteiger partial charge on any atom is -0.352 e. The van der Waals surface area contributed by atoms with Gasteiger partial charge in [0.25, 0.3) is 0 Å². The third-order valence-corrected chi connectivity index (χ3v) is 10.4. The van der Waals surface area contributed by atoms with Crippen LogP contribution in [-0.2, 0) is 22.6 Å². The predicted octanol–water partition coefficient (Wildman–Crippen LogP) is 4.49. The van der Waals surface area contributed by atoms with Crippen molar-refractivity contribution in [1.29, 1.82) is 0 Å². The van der Waals surface area contributed by atoms with E-state index in [1.54, 1.807) is 31.0 Å². The third-order valence-electron chi connectivity index (χ3n) is 10.4. The second kappa shape index (κ2) is 12.8. The van der Waals surface area contributed by atoms with Gasteiger partial charge in [0.05, 0.1) is 29.3 Å². The van der Waals surface area contributed by atoms with Crippen molar-refractivity contribution in [2.45, 2.75) is 82.1 Å². The topological polar surface area (TPSA) is 98.3 Å². The van der Waals surface area contributed by atoms with Gasteiger partial charge in [-0.15, -0.1) is 0 Å². The molecule has 6 unspecified atom stereocenters. The molecule has 1 aliphatic carbocycles. The minimum atomic E-state index is -1.25. The highest BCUT2D eigenvalue weighted by Crippen LogP contribution is 2.39. The Morgan fingerprint density at radius 3 is 2.44 bits per heavy atom. The average molecular weight is 668 g/mol. The van der Waals surface area contributed by atoms with Gasteiger partial charge in [-0.2, -0.15) is 0 Å². The van der Waals surface area contributed by atoms with E-state index < -0.39 is 42.1 Å². The van der Waals surface area contributed by atoms with E-state index in [0.29, 0.717) is 53.0 Å². The summed E-state index contributed by atoms with van der Waals surface area (Å²) in [6.07, 6.45) is 0.0587. The number of amides is 2. The highest BCUT2D eigenvalue weighted by molar-refractivity contribution is 5.93. The van der Waals surface area contributed by atoms with Crippen LogP contribution in [0.4, 0.5) is 17.6 Å². The second-order valence-corrected chi connectivity index (χ2v) is 13.8. The molecule has 2 aromatic carbocycles. The van der Waals surface area contributed by atoms with Gasteiger partial charge < -0.3 is 25.1 Å². The molecule has 7 rings (SSSR count). The maximum absolute atomic E-state index is 15.2. The standard InChI is InChI=1S/C35H41F4N7O2/c1-18(40-2)34(47)43-31(19-4-5-19)35(48)45-16-23(39)10-24(45)14-27-26-8-6-20(36)12-28(26)41-32(27)33-42-29-13-21(37)7-9-30(29)46(33)17-25-11-22(38)15-44(25)3/h6-9,12-13,18-19,22-25,31,40-41H,4-5,10-11,14-17H2,1-3H3,(H,43,47). The average Bonchev–Trinajstić information content (AvgIpc) is 3.46. The third kappa shape index (κ3) is 6.18. The summed E-state index contributed by atoms with van der Waals surface area (Å²) in [7, 11) is 3.54. The van der Waals surface area contributed by atoms with Crippen LogP contribution in [-0.4, -0.2) is 99.8 Å². The molecule has 3 fully saturated rings. The molecule has 9 nitrogen and oxygen atoms in total. The first-order valence-corrected chi connectivity index (χ1v) is 16.7. The summed E-state index contributed by atoms with van der Waals surface area (Å²) >= 11 is 0. The number of fused-ring (bicyclic) bond motifs is 2. The Balaban J connectivity index is 1.29. The van der Waals surface area contributed by atoms with Crippen LogP contribution in [0.5, 0.6) is 0 Å². The number of hydrogen-bond acceptors (Lipinski definition) is 5. The normalized spacial score (nSPS) is 24.5. The van der Waals surface area contributed by atoms with Crippen molar-refractivity contribution in [2.75, 3.05) is 27.2 Å². The van der Waals surface area contributed by atoms with Gasteiger partial charge in [0, 0.05) is 48.6 Å². The summed E-state index contributed by atoms with van der Waals surface area (Å²) in [5.41, 5.74) is 2.85. The number of alkyl halides is 2. The van der Waals surface area contributed by atoms with Gasteiger partial charge in [-0.3, -0.25) is 14.5 Å². The molecule has 3 N–H and O–H groups in total. The fourth-order valence-corrected chi connectivity index (χ4v) is 7.50. The Morgan fingerprint density at radius 1 is 1.02 bits per heavy atom. The highest BCUT2D eigenvalue weighted by atomic mass is 19.1. The van der Waals surface area contributed by atoms with Gasteiger partial charge in [0.2, 0.25) is 11.8 Å². The molecule has 2 amide bonds. The summed E-state index contributed by atoms with van der Waals surface area (Å²) in [5, 5.41) is 6.49. The summed E-state index contributed by atoms with van der Waals surface area (Å²) in [4.78, 5) is 38.5. The number of nitrogens with zero attached hydrogens (tertiary/aromatic N) is 4. The molecule has 1 saturated carbocycles. The summed E-state index contributed by atoms with van der Waals surface area (Å²) < 4.78 is 60.6. The Morgan fingerprint density at radius 2 is 1.73 bits per heavy atom. The van der Waals surface area contributed by atoms with Crippen molar-refractivity contribution in [2.24, 2.45) is 5.92 Å². The molecule has 0 spiro atoms. The molecule has 0 radical (unpaired) electrons. The SMILES string of the molecule is CNC(C)C(=O)NC(C(=O)N1CC(F)CC1Cc1c(-c2nc3cc(F)ccc3n2CC2CC(F)CN2C)[nH]c2cc(F)ccc12)C1CC1. The first-order chi connectivity index (χ1) is 23.0. The number of nitrogens with one attached hydrogen (secondary N) is 3. The van der Waals surface area contributed by atoms with E-state index in [1.807, 2.05) is 16.5 Å². The van der Waals surface area contributed by atoms with Gasteiger partial charge in [-0.25, -0.2) is 22.5 Å². The molecule has 6 atom stereocenters. The molecule has 2 aliphatic heterocycles. The molecule has 2 aromatic heterocycles. The lowest BCUT2D eigenvalue weighted by molar-refractivity contribution is -0.138. The number of halogens is 4. The van der Waals surface area contributed by atoms with Crippen LogP contribution in [0.1, 0.15) is 38.2 Å². The van der Waals surface area contributed by atoms with Gasteiger partial charge in [0.1, 0.15) is 30.0 Å². The van der Waals surface area contributed by atoms with Crippen LogP contribution in [0, 0.1) is 17.6 Å². The highest BCUT2D eigenvalue weighted by Gasteiger charge is 2.45. The maximum Gasteiger partial charge on any atom is 0.245 e.